The van der Waals surface area contributed by atoms with Crippen LogP contribution >= 0.6 is 0 Å². The zero-order valence-corrected chi connectivity index (χ0v) is 17.6. The fraction of sp³-hybridized carbons (Fsp3) is 0.429. The Hall–Kier alpha value is -2.63. The van der Waals surface area contributed by atoms with E-state index >= 15 is 0 Å². The van der Waals surface area contributed by atoms with Crippen LogP contribution in [0.1, 0.15) is 36.0 Å². The van der Waals surface area contributed by atoms with Gasteiger partial charge in [-0.25, -0.2) is 13.2 Å². The van der Waals surface area contributed by atoms with E-state index in [1.54, 1.807) is 6.92 Å². The molecule has 0 fully saturated rings. The molecule has 2 aliphatic heterocycles. The maximum atomic E-state index is 13.2. The lowest BCUT2D eigenvalue weighted by Gasteiger charge is -2.32. The quantitative estimate of drug-likeness (QED) is 0.593. The molecule has 3 rings (SSSR count). The highest BCUT2D eigenvalue weighted by atomic mass is 32.2. The summed E-state index contributed by atoms with van der Waals surface area (Å²) in [6, 6.07) is 7.58. The van der Waals surface area contributed by atoms with E-state index in [-0.39, 0.29) is 42.5 Å². The van der Waals surface area contributed by atoms with Gasteiger partial charge in [0, 0.05) is 5.70 Å². The zero-order chi connectivity index (χ0) is 21.2. The maximum absolute atomic E-state index is 13.2. The lowest BCUT2D eigenvalue weighted by Crippen LogP contribution is -2.34. The van der Waals surface area contributed by atoms with Crippen LogP contribution in [0.15, 0.2) is 40.1 Å². The second-order valence-electron chi connectivity index (χ2n) is 7.14. The summed E-state index contributed by atoms with van der Waals surface area (Å²) in [5, 5.41) is 11.8. The number of ether oxygens (including phenoxy) is 2. The van der Waals surface area contributed by atoms with Crippen LogP contribution in [-0.2, 0) is 24.1 Å². The summed E-state index contributed by atoms with van der Waals surface area (Å²) in [5.74, 6) is -1.56. The zero-order valence-electron chi connectivity index (χ0n) is 16.7. The van der Waals surface area contributed by atoms with Crippen LogP contribution in [0.25, 0.3) is 0 Å². The van der Waals surface area contributed by atoms with Crippen LogP contribution in [0.3, 0.4) is 0 Å². The van der Waals surface area contributed by atoms with Crippen molar-refractivity contribution in [3.05, 3.63) is 56.8 Å². The molecule has 154 valence electrons. The van der Waals surface area contributed by atoms with Crippen molar-refractivity contribution < 1.29 is 22.7 Å². The van der Waals surface area contributed by atoms with E-state index in [4.69, 9.17) is 14.7 Å². The van der Waals surface area contributed by atoms with Gasteiger partial charge in [-0.15, -0.1) is 0 Å². The van der Waals surface area contributed by atoms with E-state index < -0.39 is 21.7 Å². The molecule has 0 saturated heterocycles. The fourth-order valence-corrected chi connectivity index (χ4v) is 5.37. The Bertz CT molecular complexity index is 1050. The van der Waals surface area contributed by atoms with Gasteiger partial charge in [0.25, 0.3) is 0 Å². The van der Waals surface area contributed by atoms with Gasteiger partial charge in [0.15, 0.2) is 9.84 Å². The second kappa shape index (κ2) is 8.39. The average Bonchev–Trinajstić information content (AvgIpc) is 2.81. The first-order valence-corrected chi connectivity index (χ1v) is 11.0. The molecule has 8 heteroatoms. The summed E-state index contributed by atoms with van der Waals surface area (Å²) in [6.07, 6.45) is 0.0692. The molecule has 1 N–H and O–H groups in total. The third-order valence-corrected chi connectivity index (χ3v) is 7.15. The summed E-state index contributed by atoms with van der Waals surface area (Å²) in [7, 11) is -3.66. The Labute approximate surface area is 170 Å². The number of hydrogen-bond acceptors (Lipinski definition) is 7. The van der Waals surface area contributed by atoms with E-state index in [2.05, 4.69) is 5.32 Å². The first kappa shape index (κ1) is 21.1. The molecule has 1 atom stereocenters. The van der Waals surface area contributed by atoms with Gasteiger partial charge in [0.2, 0.25) is 0 Å². The minimum absolute atomic E-state index is 0.0482. The predicted octanol–water partition coefficient (Wildman–Crippen LogP) is 2.38. The standard InChI is InChI=1S/C21H24N2O5S/c1-13-6-4-7-16(14(13)2)19-18(21(24)28-9-5-8-22)15(3)23-17-12-27-10-11-29(25,26)20(17)19/h4,6-7,19,23H,5,9-12H2,1-3H3. The van der Waals surface area contributed by atoms with E-state index in [0.29, 0.717) is 11.4 Å². The van der Waals surface area contributed by atoms with Crippen molar-refractivity contribution in [2.24, 2.45) is 0 Å². The molecule has 0 aliphatic carbocycles. The number of rotatable bonds is 4. The number of esters is 1. The molecule has 7 nitrogen and oxygen atoms in total. The third kappa shape index (κ3) is 4.07. The number of hydrogen-bond donors (Lipinski definition) is 1. The molecule has 1 aromatic rings. The highest BCUT2D eigenvalue weighted by Gasteiger charge is 2.42. The number of carbonyl (C=O) groups is 1. The normalized spacial score (nSPS) is 21.0. The van der Waals surface area contributed by atoms with E-state index in [1.165, 1.54) is 0 Å². The highest BCUT2D eigenvalue weighted by Crippen LogP contribution is 2.43. The Morgan fingerprint density at radius 1 is 1.34 bits per heavy atom. The topological polar surface area (TPSA) is 105 Å². The van der Waals surface area contributed by atoms with Gasteiger partial charge in [0.1, 0.15) is 6.61 Å². The molecule has 0 saturated carbocycles. The number of nitrogens with zero attached hydrogens (tertiary/aromatic N) is 1. The van der Waals surface area contributed by atoms with Crippen molar-refractivity contribution in [3.63, 3.8) is 0 Å². The molecule has 0 aromatic heterocycles. The van der Waals surface area contributed by atoms with Crippen molar-refractivity contribution in [2.45, 2.75) is 33.1 Å². The minimum Gasteiger partial charge on any atom is -0.461 e. The smallest absolute Gasteiger partial charge is 0.336 e. The van der Waals surface area contributed by atoms with Gasteiger partial charge in [-0.3, -0.25) is 0 Å². The molecular weight excluding hydrogens is 392 g/mol. The number of allylic oxidation sites excluding steroid dienone is 2. The lowest BCUT2D eigenvalue weighted by molar-refractivity contribution is -0.139. The second-order valence-corrected chi connectivity index (χ2v) is 9.22. The SMILES string of the molecule is CC1=C(C(=O)OCCC#N)C(c2cccc(C)c2C)C2=C(COCCS2(=O)=O)N1. The molecule has 29 heavy (non-hydrogen) atoms. The monoisotopic (exact) mass is 416 g/mol. The largest absolute Gasteiger partial charge is 0.461 e. The van der Waals surface area contributed by atoms with Crippen molar-refractivity contribution in [1.29, 1.82) is 5.26 Å². The Morgan fingerprint density at radius 2 is 2.10 bits per heavy atom. The molecule has 1 unspecified atom stereocenters. The Kier molecular flexibility index (Phi) is 6.10. The van der Waals surface area contributed by atoms with E-state index in [0.717, 1.165) is 16.7 Å². The molecule has 0 radical (unpaired) electrons. The maximum Gasteiger partial charge on any atom is 0.336 e. The number of nitriles is 1. The van der Waals surface area contributed by atoms with Gasteiger partial charge < -0.3 is 14.8 Å². The highest BCUT2D eigenvalue weighted by molar-refractivity contribution is 7.95. The molecule has 2 heterocycles. The molecule has 2 aliphatic rings. The molecular formula is C21H24N2O5S. The summed E-state index contributed by atoms with van der Waals surface area (Å²) in [4.78, 5) is 13.1. The predicted molar refractivity (Wildman–Crippen MR) is 107 cm³/mol. The number of nitrogens with one attached hydrogen (secondary N) is 1. The first-order chi connectivity index (χ1) is 13.8. The Balaban J connectivity index is 2.21. The van der Waals surface area contributed by atoms with E-state index in [9.17, 15) is 13.2 Å². The summed E-state index contributed by atoms with van der Waals surface area (Å²) in [5.41, 5.74) is 3.90. The summed E-state index contributed by atoms with van der Waals surface area (Å²) in [6.45, 7) is 5.76. The number of sulfone groups is 1. The lowest BCUT2D eigenvalue weighted by atomic mass is 9.83. The van der Waals surface area contributed by atoms with Gasteiger partial charge in [-0.2, -0.15) is 5.26 Å². The van der Waals surface area contributed by atoms with Crippen molar-refractivity contribution in [3.8, 4) is 6.07 Å². The van der Waals surface area contributed by atoms with Gasteiger partial charge in [-0.1, -0.05) is 18.2 Å². The molecule has 0 amide bonds. The molecule has 0 spiro atoms. The summed E-state index contributed by atoms with van der Waals surface area (Å²) >= 11 is 0. The molecule has 1 aromatic carbocycles. The van der Waals surface area contributed by atoms with Crippen LogP contribution in [0.5, 0.6) is 0 Å². The number of benzene rings is 1. The van der Waals surface area contributed by atoms with Crippen molar-refractivity contribution in [2.75, 3.05) is 25.6 Å². The van der Waals surface area contributed by atoms with Crippen molar-refractivity contribution >= 4 is 15.8 Å². The van der Waals surface area contributed by atoms with Crippen molar-refractivity contribution in [1.82, 2.24) is 5.32 Å². The third-order valence-electron chi connectivity index (χ3n) is 5.29. The van der Waals surface area contributed by atoms with Crippen LogP contribution in [0.4, 0.5) is 0 Å². The van der Waals surface area contributed by atoms with Crippen LogP contribution in [0, 0.1) is 25.2 Å². The fourth-order valence-electron chi connectivity index (χ4n) is 3.73. The average molecular weight is 416 g/mol. The Morgan fingerprint density at radius 3 is 2.83 bits per heavy atom. The first-order valence-electron chi connectivity index (χ1n) is 9.39. The van der Waals surface area contributed by atoms with Gasteiger partial charge in [-0.05, 0) is 37.5 Å². The number of carbonyl (C=O) groups excluding carboxylic acids is 1. The number of aryl methyl sites for hydroxylation is 1. The van der Waals surface area contributed by atoms with Crippen LogP contribution < -0.4 is 5.32 Å². The van der Waals surface area contributed by atoms with Crippen LogP contribution in [0.2, 0.25) is 0 Å². The minimum atomic E-state index is -3.66. The number of dihydropyridines is 1. The van der Waals surface area contributed by atoms with Gasteiger partial charge in [0.05, 0.1) is 53.5 Å². The van der Waals surface area contributed by atoms with Crippen LogP contribution in [-0.4, -0.2) is 40.0 Å². The van der Waals surface area contributed by atoms with Gasteiger partial charge >= 0.3 is 5.97 Å². The van der Waals surface area contributed by atoms with E-state index in [1.807, 2.05) is 38.1 Å². The molecule has 0 bridgehead atoms. The summed E-state index contributed by atoms with van der Waals surface area (Å²) < 4.78 is 37.1.